The molecule has 6 heteroatoms. The third-order valence-electron chi connectivity index (χ3n) is 4.26. The van der Waals surface area contributed by atoms with Gasteiger partial charge in [-0.2, -0.15) is 0 Å². The predicted molar refractivity (Wildman–Crippen MR) is 105 cm³/mol. The van der Waals surface area contributed by atoms with E-state index in [4.69, 9.17) is 9.47 Å². The van der Waals surface area contributed by atoms with E-state index in [2.05, 4.69) is 4.98 Å². The number of pyridine rings is 1. The first kappa shape index (κ1) is 17.5. The Morgan fingerprint density at radius 3 is 2.36 bits per heavy atom. The summed E-state index contributed by atoms with van der Waals surface area (Å²) in [5.74, 6) is -0.140. The van der Waals surface area contributed by atoms with Gasteiger partial charge < -0.3 is 9.47 Å². The van der Waals surface area contributed by atoms with Gasteiger partial charge in [-0.25, -0.2) is 9.78 Å². The van der Waals surface area contributed by atoms with Crippen molar-refractivity contribution in [3.63, 3.8) is 0 Å². The van der Waals surface area contributed by atoms with Crippen molar-refractivity contribution in [3.8, 4) is 22.8 Å². The van der Waals surface area contributed by atoms with Crippen molar-refractivity contribution >= 4 is 11.6 Å². The molecular formula is C22H16N2O4. The van der Waals surface area contributed by atoms with Crippen LogP contribution >= 0.6 is 0 Å². The molecule has 0 radical (unpaired) electrons. The summed E-state index contributed by atoms with van der Waals surface area (Å²) in [7, 11) is 1.54. The molecule has 4 rings (SSSR count). The molecule has 0 atom stereocenters. The minimum atomic E-state index is -0.644. The summed E-state index contributed by atoms with van der Waals surface area (Å²) >= 11 is 0. The summed E-state index contributed by atoms with van der Waals surface area (Å²) in [6.07, 6.45) is 1.59. The minimum Gasteiger partial charge on any atom is -0.497 e. The molecule has 0 bridgehead atoms. The van der Waals surface area contributed by atoms with Crippen molar-refractivity contribution in [1.82, 2.24) is 9.38 Å². The number of methoxy groups -OCH3 is 1. The largest absolute Gasteiger partial charge is 0.497 e. The number of aromatic nitrogens is 2. The molecule has 0 amide bonds. The van der Waals surface area contributed by atoms with Crippen molar-refractivity contribution in [3.05, 3.63) is 94.9 Å². The first-order valence-electron chi connectivity index (χ1n) is 8.60. The Morgan fingerprint density at radius 1 is 0.929 bits per heavy atom. The van der Waals surface area contributed by atoms with Gasteiger partial charge in [-0.15, -0.1) is 0 Å². The van der Waals surface area contributed by atoms with E-state index in [-0.39, 0.29) is 5.75 Å². The van der Waals surface area contributed by atoms with E-state index in [1.807, 2.05) is 30.3 Å². The minimum absolute atomic E-state index is 0.115. The van der Waals surface area contributed by atoms with E-state index >= 15 is 0 Å². The van der Waals surface area contributed by atoms with Gasteiger partial charge in [0.05, 0.1) is 12.7 Å². The third-order valence-corrected chi connectivity index (χ3v) is 4.26. The fourth-order valence-electron chi connectivity index (χ4n) is 2.84. The molecule has 2 aromatic carbocycles. The Kier molecular flexibility index (Phi) is 4.60. The number of esters is 1. The third kappa shape index (κ3) is 3.23. The first-order valence-corrected chi connectivity index (χ1v) is 8.60. The Bertz CT molecular complexity index is 1200. The summed E-state index contributed by atoms with van der Waals surface area (Å²) in [5.41, 5.74) is 1.32. The number of fused-ring (bicyclic) bond motifs is 1. The molecule has 0 aliphatic carbocycles. The molecule has 0 unspecified atom stereocenters. The molecule has 2 heterocycles. The monoisotopic (exact) mass is 372 g/mol. The molecule has 0 spiro atoms. The van der Waals surface area contributed by atoms with E-state index in [0.29, 0.717) is 28.2 Å². The van der Waals surface area contributed by atoms with Gasteiger partial charge in [0.1, 0.15) is 17.1 Å². The number of carbonyl (C=O) groups excluding carboxylic acids is 1. The highest BCUT2D eigenvalue weighted by molar-refractivity contribution is 5.92. The van der Waals surface area contributed by atoms with Crippen LogP contribution in [0.3, 0.4) is 0 Å². The van der Waals surface area contributed by atoms with Crippen LogP contribution in [-0.4, -0.2) is 22.5 Å². The number of nitrogens with zero attached hydrogens (tertiary/aromatic N) is 2. The second-order valence-corrected chi connectivity index (χ2v) is 6.01. The molecule has 0 saturated carbocycles. The molecule has 0 N–H and O–H groups in total. The highest BCUT2D eigenvalue weighted by Gasteiger charge is 2.20. The Balaban J connectivity index is 1.83. The molecule has 6 nitrogen and oxygen atoms in total. The Hall–Kier alpha value is -3.93. The lowest BCUT2D eigenvalue weighted by molar-refractivity contribution is 0.0732. The van der Waals surface area contributed by atoms with Gasteiger partial charge in [0.25, 0.3) is 0 Å². The van der Waals surface area contributed by atoms with Crippen LogP contribution in [-0.2, 0) is 0 Å². The molecule has 0 saturated heterocycles. The highest BCUT2D eigenvalue weighted by Crippen LogP contribution is 2.26. The van der Waals surface area contributed by atoms with Crippen LogP contribution in [0.2, 0.25) is 0 Å². The van der Waals surface area contributed by atoms with Gasteiger partial charge in [0.2, 0.25) is 5.75 Å². The maximum Gasteiger partial charge on any atom is 0.343 e. The fraction of sp³-hybridized carbons (Fsp3) is 0.0455. The number of rotatable bonds is 4. The summed E-state index contributed by atoms with van der Waals surface area (Å²) in [6, 6.07) is 20.8. The molecule has 0 aliphatic heterocycles. The standard InChI is InChI=1S/C22H16N2O4/c1-27-17-12-10-16(11-13-17)22(26)28-20-19(15-7-3-2-4-8-15)23-18-9-5-6-14-24(18)21(20)25/h2-14H,1H3. The van der Waals surface area contributed by atoms with E-state index in [9.17, 15) is 9.59 Å². The van der Waals surface area contributed by atoms with Crippen molar-refractivity contribution < 1.29 is 14.3 Å². The van der Waals surface area contributed by atoms with Gasteiger partial charge in [0.15, 0.2) is 0 Å². The molecule has 4 aromatic rings. The van der Waals surface area contributed by atoms with Crippen LogP contribution in [0.15, 0.2) is 83.8 Å². The van der Waals surface area contributed by atoms with Crippen LogP contribution in [0.4, 0.5) is 0 Å². The van der Waals surface area contributed by atoms with E-state index in [1.54, 1.807) is 55.8 Å². The second-order valence-electron chi connectivity index (χ2n) is 6.01. The van der Waals surface area contributed by atoms with Gasteiger partial charge in [0, 0.05) is 11.8 Å². The lowest BCUT2D eigenvalue weighted by Gasteiger charge is -2.11. The van der Waals surface area contributed by atoms with Crippen molar-refractivity contribution in [2.75, 3.05) is 7.11 Å². The molecule has 2 aromatic heterocycles. The molecule has 0 fully saturated rings. The molecule has 138 valence electrons. The topological polar surface area (TPSA) is 69.9 Å². The van der Waals surface area contributed by atoms with Crippen LogP contribution in [0.5, 0.6) is 11.5 Å². The molecule has 0 aliphatic rings. The molecular weight excluding hydrogens is 356 g/mol. The van der Waals surface area contributed by atoms with Crippen LogP contribution < -0.4 is 15.0 Å². The zero-order valence-corrected chi connectivity index (χ0v) is 15.0. The Morgan fingerprint density at radius 2 is 1.64 bits per heavy atom. The zero-order chi connectivity index (χ0) is 19.5. The van der Waals surface area contributed by atoms with Gasteiger partial charge in [-0.3, -0.25) is 9.20 Å². The highest BCUT2D eigenvalue weighted by atomic mass is 16.5. The summed E-state index contributed by atoms with van der Waals surface area (Å²) in [5, 5.41) is 0. The average Bonchev–Trinajstić information content (AvgIpc) is 2.76. The lowest BCUT2D eigenvalue weighted by atomic mass is 10.1. The van der Waals surface area contributed by atoms with Gasteiger partial charge >= 0.3 is 11.5 Å². The fourth-order valence-corrected chi connectivity index (χ4v) is 2.84. The SMILES string of the molecule is COc1ccc(C(=O)Oc2c(-c3ccccc3)nc3ccccn3c2=O)cc1. The number of benzene rings is 2. The van der Waals surface area contributed by atoms with Crippen molar-refractivity contribution in [2.45, 2.75) is 0 Å². The first-order chi connectivity index (χ1) is 13.7. The van der Waals surface area contributed by atoms with E-state index < -0.39 is 11.5 Å². The maximum absolute atomic E-state index is 13.0. The van der Waals surface area contributed by atoms with E-state index in [1.165, 1.54) is 4.40 Å². The summed E-state index contributed by atoms with van der Waals surface area (Å²) < 4.78 is 12.0. The smallest absolute Gasteiger partial charge is 0.343 e. The Labute approximate surface area is 160 Å². The quantitative estimate of drug-likeness (QED) is 0.512. The average molecular weight is 372 g/mol. The number of hydrogen-bond donors (Lipinski definition) is 0. The molecule has 28 heavy (non-hydrogen) atoms. The van der Waals surface area contributed by atoms with Crippen LogP contribution in [0.1, 0.15) is 10.4 Å². The second kappa shape index (κ2) is 7.36. The number of hydrogen-bond acceptors (Lipinski definition) is 5. The van der Waals surface area contributed by atoms with E-state index in [0.717, 1.165) is 0 Å². The normalized spacial score (nSPS) is 10.6. The number of carbonyl (C=O) groups is 1. The zero-order valence-electron chi connectivity index (χ0n) is 15.0. The van der Waals surface area contributed by atoms with Crippen molar-refractivity contribution in [1.29, 1.82) is 0 Å². The van der Waals surface area contributed by atoms with Gasteiger partial charge in [-0.05, 0) is 36.4 Å². The predicted octanol–water partition coefficient (Wildman–Crippen LogP) is 3.59. The maximum atomic E-state index is 13.0. The summed E-state index contributed by atoms with van der Waals surface area (Å²) in [6.45, 7) is 0. The van der Waals surface area contributed by atoms with Gasteiger partial charge in [-0.1, -0.05) is 36.4 Å². The number of ether oxygens (including phenoxy) is 2. The van der Waals surface area contributed by atoms with Crippen LogP contribution in [0, 0.1) is 0 Å². The van der Waals surface area contributed by atoms with Crippen molar-refractivity contribution in [2.24, 2.45) is 0 Å². The summed E-state index contributed by atoms with van der Waals surface area (Å²) in [4.78, 5) is 30.2. The lowest BCUT2D eigenvalue weighted by Crippen LogP contribution is -2.22. The van der Waals surface area contributed by atoms with Crippen LogP contribution in [0.25, 0.3) is 16.9 Å².